The van der Waals surface area contributed by atoms with Gasteiger partial charge < -0.3 is 29.4 Å². The summed E-state index contributed by atoms with van der Waals surface area (Å²) in [6.07, 6.45) is 6.27. The van der Waals surface area contributed by atoms with Crippen LogP contribution in [-0.2, 0) is 14.8 Å². The second-order valence-corrected chi connectivity index (χ2v) is 13.0. The third-order valence-electron chi connectivity index (χ3n) is 8.20. The number of anilines is 4. The third kappa shape index (κ3) is 5.61. The van der Waals surface area contributed by atoms with E-state index in [9.17, 15) is 13.2 Å². The third-order valence-corrected chi connectivity index (χ3v) is 9.46. The number of sulfonamides is 1. The Morgan fingerprint density at radius 2 is 1.93 bits per heavy atom. The maximum atomic E-state index is 13.7. The van der Waals surface area contributed by atoms with E-state index >= 15 is 0 Å². The number of rotatable bonds is 8. The number of hydrogen-bond acceptors (Lipinski definition) is 9. The minimum atomic E-state index is -3.71. The van der Waals surface area contributed by atoms with Crippen molar-refractivity contribution in [1.82, 2.24) is 4.98 Å². The van der Waals surface area contributed by atoms with E-state index in [4.69, 9.17) is 19.2 Å². The quantitative estimate of drug-likeness (QED) is 0.373. The number of furan rings is 1. The summed E-state index contributed by atoms with van der Waals surface area (Å²) in [6, 6.07) is 8.57. The van der Waals surface area contributed by atoms with Gasteiger partial charge in [-0.1, -0.05) is 0 Å². The highest BCUT2D eigenvalue weighted by atomic mass is 32.2. The van der Waals surface area contributed by atoms with Crippen LogP contribution in [0.25, 0.3) is 11.0 Å². The fraction of sp³-hybridized carbons (Fsp3) is 0.500. The summed E-state index contributed by atoms with van der Waals surface area (Å²) in [6.45, 7) is 5.04. The Labute approximate surface area is 233 Å². The number of aliphatic hydroxyl groups excluding tert-OH is 1. The maximum absolute atomic E-state index is 13.7. The number of carbonyl (C=O) groups excluding carboxylic acids is 1. The van der Waals surface area contributed by atoms with Crippen LogP contribution in [0.4, 0.5) is 23.0 Å². The molecule has 0 unspecified atom stereocenters. The number of benzene rings is 1. The van der Waals surface area contributed by atoms with Crippen LogP contribution >= 0.6 is 0 Å². The molecule has 12 heteroatoms. The first-order valence-corrected chi connectivity index (χ1v) is 15.5. The SMILES string of the molecule is C[C@@H]1CN(c2nc(NC(=O)c3ccc(NS(=O)(=O)CCO)cc3N3CCC4(CC3)CC4)cc3ccoc23)CCO1. The van der Waals surface area contributed by atoms with Gasteiger partial charge in [-0.25, -0.2) is 13.4 Å². The number of aliphatic hydroxyl groups is 1. The van der Waals surface area contributed by atoms with Gasteiger partial charge in [-0.05, 0) is 68.4 Å². The molecule has 2 aliphatic heterocycles. The monoisotopic (exact) mass is 569 g/mol. The van der Waals surface area contributed by atoms with Crippen molar-refractivity contribution in [3.05, 3.63) is 42.2 Å². The first kappa shape index (κ1) is 26.9. The Morgan fingerprint density at radius 1 is 1.12 bits per heavy atom. The average Bonchev–Trinajstić information content (AvgIpc) is 3.50. The van der Waals surface area contributed by atoms with Crippen molar-refractivity contribution in [2.24, 2.45) is 5.41 Å². The molecule has 1 saturated carbocycles. The lowest BCUT2D eigenvalue weighted by Crippen LogP contribution is -2.41. The van der Waals surface area contributed by atoms with Crippen molar-refractivity contribution in [3.63, 3.8) is 0 Å². The van der Waals surface area contributed by atoms with Gasteiger partial charge in [0.05, 0.1) is 48.3 Å². The highest BCUT2D eigenvalue weighted by Crippen LogP contribution is 2.54. The zero-order valence-electron chi connectivity index (χ0n) is 22.6. The van der Waals surface area contributed by atoms with Gasteiger partial charge in [-0.15, -0.1) is 0 Å². The van der Waals surface area contributed by atoms with Gasteiger partial charge in [0.25, 0.3) is 5.91 Å². The predicted octanol–water partition coefficient (Wildman–Crippen LogP) is 3.42. The molecule has 4 heterocycles. The van der Waals surface area contributed by atoms with Crippen LogP contribution in [0.2, 0.25) is 0 Å². The first-order chi connectivity index (χ1) is 19.2. The standard InChI is InChI=1S/C28H35N5O6S/c1-19-18-33(11-14-38-19)26-25-20(4-13-39-25)16-24(29-26)30-27(35)22-3-2-21(31-40(36,37)15-12-34)17-23(22)32-9-7-28(5-6-28)8-10-32/h2-4,13,16-17,19,31,34H,5-12,14-15,18H2,1H3,(H,29,30,35)/t19-/m1/s1. The van der Waals surface area contributed by atoms with Crippen LogP contribution in [0.3, 0.4) is 0 Å². The van der Waals surface area contributed by atoms with Crippen molar-refractivity contribution in [2.45, 2.75) is 38.7 Å². The number of aromatic nitrogens is 1. The summed E-state index contributed by atoms with van der Waals surface area (Å²) in [4.78, 5) is 22.8. The number of pyridine rings is 1. The van der Waals surface area contributed by atoms with E-state index in [1.54, 1.807) is 30.5 Å². The molecule has 1 aliphatic carbocycles. The molecule has 1 amide bonds. The Hall–Kier alpha value is -3.35. The molecule has 40 heavy (non-hydrogen) atoms. The molecule has 1 spiro atoms. The van der Waals surface area contributed by atoms with Crippen molar-refractivity contribution < 1.29 is 27.5 Å². The van der Waals surface area contributed by atoms with Gasteiger partial charge in [0, 0.05) is 31.6 Å². The summed E-state index contributed by atoms with van der Waals surface area (Å²) in [7, 11) is -3.71. The number of nitrogens with zero attached hydrogens (tertiary/aromatic N) is 3. The number of fused-ring (bicyclic) bond motifs is 1. The first-order valence-electron chi connectivity index (χ1n) is 13.8. The summed E-state index contributed by atoms with van der Waals surface area (Å²) in [5, 5.41) is 12.9. The lowest BCUT2D eigenvalue weighted by atomic mass is 9.93. The van der Waals surface area contributed by atoms with E-state index in [0.717, 1.165) is 31.3 Å². The molecule has 2 aromatic heterocycles. The summed E-state index contributed by atoms with van der Waals surface area (Å²) < 4.78 is 38.6. The number of amides is 1. The second-order valence-electron chi connectivity index (χ2n) is 11.1. The minimum Gasteiger partial charge on any atom is -0.460 e. The second kappa shape index (κ2) is 10.6. The molecule has 214 valence electrons. The highest BCUT2D eigenvalue weighted by molar-refractivity contribution is 7.92. The number of ether oxygens (including phenoxy) is 1. The van der Waals surface area contributed by atoms with Gasteiger partial charge in [0.15, 0.2) is 11.4 Å². The number of nitrogens with one attached hydrogen (secondary N) is 2. The van der Waals surface area contributed by atoms with Crippen LogP contribution in [0.1, 0.15) is 43.0 Å². The Kier molecular flexibility index (Phi) is 7.09. The molecular weight excluding hydrogens is 534 g/mol. The average molecular weight is 570 g/mol. The number of hydrogen-bond donors (Lipinski definition) is 3. The Bertz CT molecular complexity index is 1510. The normalized spacial score (nSPS) is 20.6. The van der Waals surface area contributed by atoms with E-state index in [2.05, 4.69) is 19.8 Å². The van der Waals surface area contributed by atoms with Crippen molar-refractivity contribution >= 4 is 49.9 Å². The molecule has 0 bridgehead atoms. The molecule has 6 rings (SSSR count). The van der Waals surface area contributed by atoms with Gasteiger partial charge in [0.2, 0.25) is 10.0 Å². The van der Waals surface area contributed by atoms with Gasteiger partial charge in [-0.2, -0.15) is 0 Å². The van der Waals surface area contributed by atoms with E-state index in [-0.39, 0.29) is 12.0 Å². The molecule has 2 saturated heterocycles. The molecule has 0 radical (unpaired) electrons. The summed E-state index contributed by atoms with van der Waals surface area (Å²) in [5.41, 5.74) is 2.57. The molecule has 1 atom stereocenters. The van der Waals surface area contributed by atoms with Crippen molar-refractivity contribution in [1.29, 1.82) is 0 Å². The topological polar surface area (TPSA) is 137 Å². The number of morpholine rings is 1. The number of piperidine rings is 1. The lowest BCUT2D eigenvalue weighted by Gasteiger charge is -2.35. The highest BCUT2D eigenvalue weighted by Gasteiger charge is 2.44. The van der Waals surface area contributed by atoms with E-state index < -0.39 is 22.4 Å². The van der Waals surface area contributed by atoms with Gasteiger partial charge in [0.1, 0.15) is 5.82 Å². The summed E-state index contributed by atoms with van der Waals surface area (Å²) >= 11 is 0. The molecule has 3 aliphatic rings. The van der Waals surface area contributed by atoms with E-state index in [1.165, 1.54) is 12.8 Å². The van der Waals surface area contributed by atoms with Crippen LogP contribution in [0.15, 0.2) is 41.0 Å². The molecule has 1 aromatic carbocycles. The molecule has 3 aromatic rings. The maximum Gasteiger partial charge on any atom is 0.258 e. The van der Waals surface area contributed by atoms with E-state index in [0.29, 0.717) is 59.3 Å². The van der Waals surface area contributed by atoms with Crippen molar-refractivity contribution in [3.8, 4) is 0 Å². The van der Waals surface area contributed by atoms with Crippen LogP contribution in [0.5, 0.6) is 0 Å². The zero-order valence-corrected chi connectivity index (χ0v) is 23.4. The lowest BCUT2D eigenvalue weighted by molar-refractivity contribution is 0.0530. The van der Waals surface area contributed by atoms with Gasteiger partial charge >= 0.3 is 0 Å². The summed E-state index contributed by atoms with van der Waals surface area (Å²) in [5.74, 6) is 0.335. The van der Waals surface area contributed by atoms with E-state index in [1.807, 2.05) is 13.0 Å². The fourth-order valence-electron chi connectivity index (χ4n) is 5.73. The van der Waals surface area contributed by atoms with Crippen molar-refractivity contribution in [2.75, 3.05) is 65.0 Å². The molecule has 3 N–H and O–H groups in total. The number of carbonyl (C=O) groups is 1. The van der Waals surface area contributed by atoms with Crippen LogP contribution < -0.4 is 19.8 Å². The molecule has 3 fully saturated rings. The van der Waals surface area contributed by atoms with Crippen LogP contribution in [0, 0.1) is 5.41 Å². The minimum absolute atomic E-state index is 0.0500. The largest absolute Gasteiger partial charge is 0.460 e. The Balaban J connectivity index is 1.30. The molecular formula is C28H35N5O6S. The fourth-order valence-corrected chi connectivity index (χ4v) is 6.56. The molecule has 11 nitrogen and oxygen atoms in total. The predicted molar refractivity (Wildman–Crippen MR) is 154 cm³/mol. The Morgan fingerprint density at radius 3 is 2.65 bits per heavy atom. The smallest absolute Gasteiger partial charge is 0.258 e. The van der Waals surface area contributed by atoms with Gasteiger partial charge in [-0.3, -0.25) is 9.52 Å². The van der Waals surface area contributed by atoms with Crippen LogP contribution in [-0.4, -0.2) is 75.7 Å². The zero-order chi connectivity index (χ0) is 27.9.